The smallest absolute Gasteiger partial charge is 0.228 e. The average Bonchev–Trinajstić information content (AvgIpc) is 2.74. The van der Waals surface area contributed by atoms with Crippen LogP contribution in [0.15, 0.2) is 24.3 Å². The van der Waals surface area contributed by atoms with Crippen LogP contribution < -0.4 is 0 Å². The summed E-state index contributed by atoms with van der Waals surface area (Å²) in [5.74, 6) is -0.255. The van der Waals surface area contributed by atoms with Gasteiger partial charge >= 0.3 is 0 Å². The van der Waals surface area contributed by atoms with E-state index in [-0.39, 0.29) is 11.7 Å². The lowest BCUT2D eigenvalue weighted by Crippen LogP contribution is -2.29. The molecule has 0 N–H and O–H groups in total. The second-order valence-electron chi connectivity index (χ2n) is 3.50. The molecule has 1 fully saturated rings. The third-order valence-corrected chi connectivity index (χ3v) is 2.37. The number of carbonyl (C=O) groups is 1. The molecule has 1 saturated heterocycles. The standard InChI is InChI=1S/C11H12FNO2/c12-10-3-1-9(2-4-10)7-11(14)13-5-6-15-8-13/h1-4H,5-8H2. The largest absolute Gasteiger partial charge is 0.359 e. The van der Waals surface area contributed by atoms with Crippen molar-refractivity contribution in [2.24, 2.45) is 0 Å². The molecule has 0 aromatic heterocycles. The first kappa shape index (κ1) is 10.1. The van der Waals surface area contributed by atoms with Crippen LogP contribution in [0.4, 0.5) is 4.39 Å². The number of hydrogen-bond acceptors (Lipinski definition) is 2. The molecule has 15 heavy (non-hydrogen) atoms. The maximum atomic E-state index is 12.6. The lowest BCUT2D eigenvalue weighted by atomic mass is 10.1. The van der Waals surface area contributed by atoms with Gasteiger partial charge in [-0.15, -0.1) is 0 Å². The topological polar surface area (TPSA) is 29.5 Å². The number of hydrogen-bond donors (Lipinski definition) is 0. The molecule has 0 radical (unpaired) electrons. The summed E-state index contributed by atoms with van der Waals surface area (Å²) in [6, 6.07) is 5.99. The van der Waals surface area contributed by atoms with E-state index in [1.165, 1.54) is 12.1 Å². The third-order valence-electron chi connectivity index (χ3n) is 2.37. The van der Waals surface area contributed by atoms with E-state index in [0.29, 0.717) is 26.3 Å². The van der Waals surface area contributed by atoms with Crippen molar-refractivity contribution < 1.29 is 13.9 Å². The predicted octanol–water partition coefficient (Wildman–Crippen LogP) is 1.18. The summed E-state index contributed by atoms with van der Waals surface area (Å²) < 4.78 is 17.7. The van der Waals surface area contributed by atoms with Crippen molar-refractivity contribution in [3.8, 4) is 0 Å². The molecule has 0 bridgehead atoms. The molecule has 1 heterocycles. The number of ether oxygens (including phenoxy) is 1. The van der Waals surface area contributed by atoms with Crippen molar-refractivity contribution in [3.63, 3.8) is 0 Å². The molecular formula is C11H12FNO2. The monoisotopic (exact) mass is 209 g/mol. The Labute approximate surface area is 87.5 Å². The highest BCUT2D eigenvalue weighted by Gasteiger charge is 2.18. The van der Waals surface area contributed by atoms with Gasteiger partial charge in [-0.2, -0.15) is 0 Å². The highest BCUT2D eigenvalue weighted by atomic mass is 19.1. The SMILES string of the molecule is O=C(Cc1ccc(F)cc1)N1CCOC1. The summed E-state index contributed by atoms with van der Waals surface area (Å²) in [5.41, 5.74) is 0.827. The number of nitrogens with zero attached hydrogens (tertiary/aromatic N) is 1. The lowest BCUT2D eigenvalue weighted by molar-refractivity contribution is -0.130. The zero-order valence-corrected chi connectivity index (χ0v) is 8.28. The highest BCUT2D eigenvalue weighted by Crippen LogP contribution is 2.07. The molecule has 1 aliphatic rings. The number of benzene rings is 1. The fourth-order valence-electron chi connectivity index (χ4n) is 1.50. The van der Waals surface area contributed by atoms with E-state index < -0.39 is 0 Å². The van der Waals surface area contributed by atoms with Crippen molar-refractivity contribution in [2.75, 3.05) is 19.9 Å². The maximum Gasteiger partial charge on any atom is 0.228 e. The van der Waals surface area contributed by atoms with Crippen LogP contribution >= 0.6 is 0 Å². The van der Waals surface area contributed by atoms with Crippen LogP contribution in [0, 0.1) is 5.82 Å². The van der Waals surface area contributed by atoms with Gasteiger partial charge in [0, 0.05) is 6.54 Å². The minimum absolute atomic E-state index is 0.0270. The number of carbonyl (C=O) groups excluding carboxylic acids is 1. The lowest BCUT2D eigenvalue weighted by Gasteiger charge is -2.12. The fraction of sp³-hybridized carbons (Fsp3) is 0.364. The maximum absolute atomic E-state index is 12.6. The van der Waals surface area contributed by atoms with E-state index in [0.717, 1.165) is 5.56 Å². The van der Waals surface area contributed by atoms with Gasteiger partial charge in [-0.05, 0) is 17.7 Å². The van der Waals surface area contributed by atoms with Gasteiger partial charge < -0.3 is 9.64 Å². The van der Waals surface area contributed by atoms with E-state index >= 15 is 0 Å². The number of halogens is 1. The molecule has 1 aliphatic heterocycles. The molecule has 4 heteroatoms. The summed E-state index contributed by atoms with van der Waals surface area (Å²) in [6.07, 6.45) is 0.309. The van der Waals surface area contributed by atoms with Gasteiger partial charge in [0.25, 0.3) is 0 Å². The summed E-state index contributed by atoms with van der Waals surface area (Å²) >= 11 is 0. The normalized spacial score (nSPS) is 15.7. The molecule has 1 aromatic carbocycles. The van der Waals surface area contributed by atoms with Crippen molar-refractivity contribution in [2.45, 2.75) is 6.42 Å². The summed E-state index contributed by atoms with van der Waals surface area (Å²) in [5, 5.41) is 0. The molecule has 0 spiro atoms. The molecule has 3 nitrogen and oxygen atoms in total. The zero-order chi connectivity index (χ0) is 10.7. The average molecular weight is 209 g/mol. The Morgan fingerprint density at radius 2 is 2.13 bits per heavy atom. The zero-order valence-electron chi connectivity index (χ0n) is 8.28. The Balaban J connectivity index is 1.96. The molecule has 1 amide bonds. The minimum Gasteiger partial charge on any atom is -0.359 e. The van der Waals surface area contributed by atoms with Crippen LogP contribution in [0.5, 0.6) is 0 Å². The van der Waals surface area contributed by atoms with Gasteiger partial charge in [0.1, 0.15) is 12.5 Å². The predicted molar refractivity (Wildman–Crippen MR) is 52.6 cm³/mol. The Hall–Kier alpha value is -1.42. The van der Waals surface area contributed by atoms with Crippen LogP contribution in [0.25, 0.3) is 0 Å². The Morgan fingerprint density at radius 3 is 2.73 bits per heavy atom. The van der Waals surface area contributed by atoms with Gasteiger partial charge in [-0.25, -0.2) is 4.39 Å². The molecule has 0 atom stereocenters. The third kappa shape index (κ3) is 2.53. The molecule has 1 aromatic rings. The Bertz CT molecular complexity index is 344. The van der Waals surface area contributed by atoms with Crippen LogP contribution in [0.3, 0.4) is 0 Å². The van der Waals surface area contributed by atoms with Crippen LogP contribution in [0.2, 0.25) is 0 Å². The van der Waals surface area contributed by atoms with Gasteiger partial charge in [-0.3, -0.25) is 4.79 Å². The minimum atomic E-state index is -0.282. The van der Waals surface area contributed by atoms with Crippen LogP contribution in [-0.4, -0.2) is 30.7 Å². The van der Waals surface area contributed by atoms with E-state index in [1.54, 1.807) is 17.0 Å². The van der Waals surface area contributed by atoms with Crippen molar-refractivity contribution in [1.82, 2.24) is 4.90 Å². The summed E-state index contributed by atoms with van der Waals surface area (Å²) in [7, 11) is 0. The first-order chi connectivity index (χ1) is 7.25. The molecule has 0 unspecified atom stereocenters. The van der Waals surface area contributed by atoms with Gasteiger partial charge in [0.2, 0.25) is 5.91 Å². The van der Waals surface area contributed by atoms with Crippen LogP contribution in [-0.2, 0) is 16.0 Å². The van der Waals surface area contributed by atoms with E-state index in [9.17, 15) is 9.18 Å². The second kappa shape index (κ2) is 4.40. The van der Waals surface area contributed by atoms with Crippen molar-refractivity contribution in [1.29, 1.82) is 0 Å². The number of rotatable bonds is 2. The fourth-order valence-corrected chi connectivity index (χ4v) is 1.50. The molecular weight excluding hydrogens is 197 g/mol. The van der Waals surface area contributed by atoms with Gasteiger partial charge in [0.05, 0.1) is 13.0 Å². The van der Waals surface area contributed by atoms with Crippen LogP contribution in [0.1, 0.15) is 5.56 Å². The van der Waals surface area contributed by atoms with Crippen molar-refractivity contribution in [3.05, 3.63) is 35.6 Å². The van der Waals surface area contributed by atoms with Gasteiger partial charge in [-0.1, -0.05) is 12.1 Å². The van der Waals surface area contributed by atoms with Crippen molar-refractivity contribution >= 4 is 5.91 Å². The Morgan fingerprint density at radius 1 is 1.40 bits per heavy atom. The van der Waals surface area contributed by atoms with E-state index in [1.807, 2.05) is 0 Å². The first-order valence-corrected chi connectivity index (χ1v) is 4.85. The number of amides is 1. The molecule has 2 rings (SSSR count). The summed E-state index contributed by atoms with van der Waals surface area (Å²) in [6.45, 7) is 1.63. The second-order valence-corrected chi connectivity index (χ2v) is 3.50. The van der Waals surface area contributed by atoms with E-state index in [4.69, 9.17) is 4.74 Å². The Kier molecular flexibility index (Phi) is 2.97. The molecule has 0 aliphatic carbocycles. The van der Waals surface area contributed by atoms with Gasteiger partial charge in [0.15, 0.2) is 0 Å². The quantitative estimate of drug-likeness (QED) is 0.732. The summed E-state index contributed by atoms with van der Waals surface area (Å²) in [4.78, 5) is 13.3. The van der Waals surface area contributed by atoms with E-state index in [2.05, 4.69) is 0 Å². The molecule has 0 saturated carbocycles. The highest BCUT2D eigenvalue weighted by molar-refractivity contribution is 5.78. The molecule has 80 valence electrons. The first-order valence-electron chi connectivity index (χ1n) is 4.85.